The van der Waals surface area contributed by atoms with E-state index in [0.29, 0.717) is 0 Å². The van der Waals surface area contributed by atoms with Crippen LogP contribution in [0.25, 0.3) is 0 Å². The van der Waals surface area contributed by atoms with Crippen molar-refractivity contribution in [2.45, 2.75) is 45.4 Å². The highest BCUT2D eigenvalue weighted by atomic mass is 17.2. The molecule has 0 bridgehead atoms. The number of hydrogen-bond donors (Lipinski definition) is 1. The Bertz CT molecular complexity index is 152. The maximum Gasteiger partial charge on any atom is 0.0861 e. The van der Waals surface area contributed by atoms with Gasteiger partial charge < -0.3 is 0 Å². The summed E-state index contributed by atoms with van der Waals surface area (Å²) < 4.78 is 0. The zero-order valence-corrected chi connectivity index (χ0v) is 9.63. The predicted octanol–water partition coefficient (Wildman–Crippen LogP) is 3.05. The molecule has 0 amide bonds. The highest BCUT2D eigenvalue weighted by Gasteiger charge is 1.95. The third-order valence-corrected chi connectivity index (χ3v) is 1.99. The van der Waals surface area contributed by atoms with E-state index in [4.69, 9.17) is 5.41 Å². The molecule has 0 atom stereocenters. The van der Waals surface area contributed by atoms with Gasteiger partial charge in [-0.25, -0.2) is 20.2 Å². The summed E-state index contributed by atoms with van der Waals surface area (Å²) in [5.41, 5.74) is 0. The minimum absolute atomic E-state index is 0.778. The molecule has 0 aromatic heterocycles. The maximum atomic E-state index is 6.47. The van der Waals surface area contributed by atoms with E-state index < -0.39 is 0 Å². The summed E-state index contributed by atoms with van der Waals surface area (Å²) in [6.45, 7) is 4.52. The van der Waals surface area contributed by atoms with Crippen LogP contribution in [-0.2, 0) is 9.78 Å². The number of nitrogens with one attached hydrogen (secondary N) is 1. The van der Waals surface area contributed by atoms with Crippen LogP contribution >= 0.6 is 0 Å². The van der Waals surface area contributed by atoms with Gasteiger partial charge in [0, 0.05) is 6.54 Å². The topological polar surface area (TPSA) is 54.7 Å². The average Bonchev–Trinajstić information content (AvgIpc) is 2.32. The molecule has 4 heteroatoms. The van der Waals surface area contributed by atoms with Crippen molar-refractivity contribution in [3.05, 3.63) is 0 Å². The van der Waals surface area contributed by atoms with E-state index in [9.17, 15) is 0 Å². The Hall–Kier alpha value is -0.700. The van der Waals surface area contributed by atoms with Crippen LogP contribution in [0.4, 0.5) is 0 Å². The van der Waals surface area contributed by atoms with Crippen LogP contribution in [0, 0.1) is 5.41 Å². The lowest BCUT2D eigenvalue weighted by atomic mass is 10.2. The lowest BCUT2D eigenvalue weighted by molar-refractivity contribution is -0.312. The molecule has 1 aliphatic heterocycles. The number of rotatable bonds is 5. The van der Waals surface area contributed by atoms with Crippen LogP contribution in [0.2, 0.25) is 0 Å². The quantitative estimate of drug-likeness (QED) is 0.434. The standard InChI is InChI=1S/C7H14N2.C4H8O2/c1-2-3-4-5-6-9-7-8;1-2-4-6-5-3-1/h8H,2-6H2,1H3;1-4H2. The van der Waals surface area contributed by atoms with Gasteiger partial charge in [-0.1, -0.05) is 26.2 Å². The summed E-state index contributed by atoms with van der Waals surface area (Å²) in [5, 5.41) is 6.47. The first kappa shape index (κ1) is 14.3. The molecule has 0 radical (unpaired) electrons. The molecule has 15 heavy (non-hydrogen) atoms. The van der Waals surface area contributed by atoms with Gasteiger partial charge in [-0.15, -0.1) is 0 Å². The summed E-state index contributed by atoms with van der Waals surface area (Å²) in [5.74, 6) is 0. The highest BCUT2D eigenvalue weighted by Crippen LogP contribution is 1.98. The molecule has 1 heterocycles. The zero-order chi connectivity index (χ0) is 11.2. The smallest absolute Gasteiger partial charge is 0.0861 e. The molecule has 1 N–H and O–H groups in total. The molecule has 0 aromatic rings. The molecule has 1 saturated heterocycles. The maximum absolute atomic E-state index is 6.47. The summed E-state index contributed by atoms with van der Waals surface area (Å²) in [7, 11) is 0. The monoisotopic (exact) mass is 214 g/mol. The van der Waals surface area contributed by atoms with E-state index in [0.717, 1.165) is 39.0 Å². The molecule has 1 fully saturated rings. The summed E-state index contributed by atoms with van der Waals surface area (Å²) in [6, 6.07) is 2.02. The minimum atomic E-state index is 0.778. The van der Waals surface area contributed by atoms with E-state index in [-0.39, 0.29) is 0 Å². The Morgan fingerprint density at radius 3 is 2.20 bits per heavy atom. The van der Waals surface area contributed by atoms with Crippen molar-refractivity contribution in [3.63, 3.8) is 0 Å². The largest absolute Gasteiger partial charge is 0.242 e. The van der Waals surface area contributed by atoms with Gasteiger partial charge in [0.2, 0.25) is 0 Å². The van der Waals surface area contributed by atoms with E-state index >= 15 is 0 Å². The van der Waals surface area contributed by atoms with Crippen LogP contribution < -0.4 is 0 Å². The first-order chi connectivity index (χ1) is 7.41. The molecule has 0 aromatic carbocycles. The number of nitrogens with zero attached hydrogens (tertiary/aromatic N) is 1. The zero-order valence-electron chi connectivity index (χ0n) is 9.63. The molecular weight excluding hydrogens is 192 g/mol. The highest BCUT2D eigenvalue weighted by molar-refractivity contribution is 5.35. The number of aliphatic imine (C=N–C) groups is 1. The van der Waals surface area contributed by atoms with E-state index in [1.165, 1.54) is 19.3 Å². The van der Waals surface area contributed by atoms with Crippen molar-refractivity contribution in [1.29, 1.82) is 5.41 Å². The molecular formula is C11H22N2O2. The lowest BCUT2D eigenvalue weighted by Gasteiger charge is -2.07. The van der Waals surface area contributed by atoms with Crippen molar-refractivity contribution in [2.24, 2.45) is 4.99 Å². The molecule has 0 unspecified atom stereocenters. The van der Waals surface area contributed by atoms with Crippen LogP contribution in [0.3, 0.4) is 0 Å². The van der Waals surface area contributed by atoms with Crippen molar-refractivity contribution < 1.29 is 9.78 Å². The third kappa shape index (κ3) is 13.3. The first-order valence-electron chi connectivity index (χ1n) is 5.74. The fourth-order valence-corrected chi connectivity index (χ4v) is 1.11. The van der Waals surface area contributed by atoms with Gasteiger partial charge in [0.15, 0.2) is 0 Å². The molecule has 1 rings (SSSR count). The van der Waals surface area contributed by atoms with Crippen LogP contribution in [0.5, 0.6) is 0 Å². The van der Waals surface area contributed by atoms with Gasteiger partial charge in [-0.3, -0.25) is 0 Å². The van der Waals surface area contributed by atoms with Gasteiger partial charge in [0.1, 0.15) is 0 Å². The Labute approximate surface area is 92.1 Å². The Morgan fingerprint density at radius 1 is 1.13 bits per heavy atom. The second kappa shape index (κ2) is 13.3. The molecule has 0 spiro atoms. The van der Waals surface area contributed by atoms with Crippen molar-refractivity contribution >= 4 is 6.01 Å². The van der Waals surface area contributed by atoms with Gasteiger partial charge in [0.25, 0.3) is 0 Å². The summed E-state index contributed by atoms with van der Waals surface area (Å²) >= 11 is 0. The van der Waals surface area contributed by atoms with Crippen LogP contribution in [0.1, 0.15) is 45.4 Å². The van der Waals surface area contributed by atoms with Crippen LogP contribution in [-0.4, -0.2) is 25.8 Å². The molecule has 0 aliphatic carbocycles. The van der Waals surface area contributed by atoms with E-state index in [1.807, 2.05) is 6.01 Å². The minimum Gasteiger partial charge on any atom is -0.242 e. The number of unbranched alkanes of at least 4 members (excludes halogenated alkanes) is 3. The normalized spacial score (nSPS) is 14.7. The Kier molecular flexibility index (Phi) is 12.7. The predicted molar refractivity (Wildman–Crippen MR) is 60.3 cm³/mol. The van der Waals surface area contributed by atoms with Gasteiger partial charge >= 0.3 is 0 Å². The van der Waals surface area contributed by atoms with Gasteiger partial charge in [-0.2, -0.15) is 0 Å². The molecule has 88 valence electrons. The van der Waals surface area contributed by atoms with Crippen molar-refractivity contribution in [1.82, 2.24) is 0 Å². The third-order valence-electron chi connectivity index (χ3n) is 1.99. The average molecular weight is 214 g/mol. The second-order valence-corrected chi connectivity index (χ2v) is 3.41. The second-order valence-electron chi connectivity index (χ2n) is 3.41. The Morgan fingerprint density at radius 2 is 1.80 bits per heavy atom. The lowest BCUT2D eigenvalue weighted by Crippen LogP contribution is -2.05. The van der Waals surface area contributed by atoms with Gasteiger partial charge in [-0.05, 0) is 19.3 Å². The molecule has 1 aliphatic rings. The van der Waals surface area contributed by atoms with Crippen molar-refractivity contribution in [3.8, 4) is 0 Å². The molecule has 0 saturated carbocycles. The molecule has 4 nitrogen and oxygen atoms in total. The number of hydrogen-bond acceptors (Lipinski definition) is 4. The van der Waals surface area contributed by atoms with Crippen LogP contribution in [0.15, 0.2) is 4.99 Å². The fourth-order valence-electron chi connectivity index (χ4n) is 1.11. The fraction of sp³-hybridized carbons (Fsp3) is 0.909. The Balaban J connectivity index is 0.000000280. The SMILES string of the molecule is C1CCOOC1.CCCCCCN=C=N. The summed E-state index contributed by atoms with van der Waals surface area (Å²) in [4.78, 5) is 12.8. The van der Waals surface area contributed by atoms with Crippen molar-refractivity contribution in [2.75, 3.05) is 19.8 Å². The van der Waals surface area contributed by atoms with Gasteiger partial charge in [0.05, 0.1) is 19.2 Å². The van der Waals surface area contributed by atoms with E-state index in [1.54, 1.807) is 0 Å². The summed E-state index contributed by atoms with van der Waals surface area (Å²) in [6.07, 6.45) is 7.20. The van der Waals surface area contributed by atoms with E-state index in [2.05, 4.69) is 21.7 Å². The first-order valence-corrected chi connectivity index (χ1v) is 5.74.